The molecule has 1 aliphatic rings. The Bertz CT molecular complexity index is 600. The van der Waals surface area contributed by atoms with E-state index in [0.29, 0.717) is 18.9 Å². The van der Waals surface area contributed by atoms with Gasteiger partial charge >= 0.3 is 12.1 Å². The smallest absolute Gasteiger partial charge is 0.407 e. The second-order valence-corrected chi connectivity index (χ2v) is 12.4. The Labute approximate surface area is 248 Å². The van der Waals surface area contributed by atoms with Gasteiger partial charge in [-0.15, -0.1) is 0 Å². The van der Waals surface area contributed by atoms with Crippen LogP contribution in [0.15, 0.2) is 0 Å². The van der Waals surface area contributed by atoms with Crippen molar-refractivity contribution in [2.75, 3.05) is 39.8 Å². The summed E-state index contributed by atoms with van der Waals surface area (Å²) in [7, 11) is 1.46. The van der Waals surface area contributed by atoms with Gasteiger partial charge in [-0.05, 0) is 57.7 Å². The van der Waals surface area contributed by atoms with Crippen LogP contribution in [0.1, 0.15) is 161 Å². The number of hydrogen-bond acceptors (Lipinski definition) is 4. The number of likely N-dealkylation sites (tertiary alicyclic amines) is 1. The first kappa shape index (κ1) is 36.7. The molecule has 0 spiro atoms. The number of rotatable bonds is 28. The maximum absolute atomic E-state index is 11.3. The van der Waals surface area contributed by atoms with Crippen molar-refractivity contribution in [3.63, 3.8) is 0 Å². The maximum atomic E-state index is 11.3. The van der Waals surface area contributed by atoms with Crippen LogP contribution >= 0.6 is 0 Å². The Morgan fingerprint density at radius 2 is 1.15 bits per heavy atom. The Kier molecular flexibility index (Phi) is 24.4. The first-order valence-corrected chi connectivity index (χ1v) is 17.3. The van der Waals surface area contributed by atoms with Crippen molar-refractivity contribution in [3.8, 4) is 0 Å². The van der Waals surface area contributed by atoms with Crippen LogP contribution in [-0.2, 0) is 9.53 Å². The predicted molar refractivity (Wildman–Crippen MR) is 168 cm³/mol. The third-order valence-electron chi connectivity index (χ3n) is 8.82. The highest BCUT2D eigenvalue weighted by molar-refractivity contribution is 5.68. The number of methoxy groups -OCH3 is 1. The van der Waals surface area contributed by atoms with E-state index in [4.69, 9.17) is 4.74 Å². The Balaban J connectivity index is 2.13. The lowest BCUT2D eigenvalue weighted by Gasteiger charge is -2.24. The molecule has 0 aliphatic carbocycles. The summed E-state index contributed by atoms with van der Waals surface area (Å²) in [5.41, 5.74) is 0. The average Bonchev–Trinajstić information content (AvgIpc) is 3.44. The van der Waals surface area contributed by atoms with Crippen molar-refractivity contribution < 1.29 is 19.4 Å². The van der Waals surface area contributed by atoms with E-state index in [1.807, 2.05) is 0 Å². The molecule has 0 aromatic carbocycles. The number of esters is 1. The molecule has 1 unspecified atom stereocenters. The average molecular weight is 567 g/mol. The van der Waals surface area contributed by atoms with Crippen LogP contribution in [0, 0.1) is 5.92 Å². The molecular formula is C34H66N2O4. The van der Waals surface area contributed by atoms with Crippen molar-refractivity contribution in [2.45, 2.75) is 161 Å². The van der Waals surface area contributed by atoms with E-state index in [9.17, 15) is 14.7 Å². The van der Waals surface area contributed by atoms with Gasteiger partial charge in [0.1, 0.15) is 0 Å². The fraction of sp³-hybridized carbons (Fsp3) is 0.941. The highest BCUT2D eigenvalue weighted by Crippen LogP contribution is 2.21. The molecule has 1 saturated heterocycles. The van der Waals surface area contributed by atoms with Crippen molar-refractivity contribution in [3.05, 3.63) is 0 Å². The largest absolute Gasteiger partial charge is 0.469 e. The zero-order valence-corrected chi connectivity index (χ0v) is 26.6. The van der Waals surface area contributed by atoms with Gasteiger partial charge in [0.15, 0.2) is 0 Å². The van der Waals surface area contributed by atoms with Gasteiger partial charge in [0, 0.05) is 19.5 Å². The highest BCUT2D eigenvalue weighted by Gasteiger charge is 2.25. The third kappa shape index (κ3) is 21.4. The lowest BCUT2D eigenvalue weighted by Crippen LogP contribution is -2.30. The molecule has 1 heterocycles. The van der Waals surface area contributed by atoms with Crippen LogP contribution in [0.25, 0.3) is 0 Å². The van der Waals surface area contributed by atoms with Crippen LogP contribution in [-0.4, -0.2) is 66.8 Å². The van der Waals surface area contributed by atoms with E-state index < -0.39 is 6.09 Å². The first-order chi connectivity index (χ1) is 19.6. The number of carbonyl (C=O) groups excluding carboxylic acids is 1. The normalized spacial score (nSPS) is 15.3. The van der Waals surface area contributed by atoms with E-state index in [0.717, 1.165) is 38.8 Å². The molecule has 1 amide bonds. The molecule has 0 saturated carbocycles. The molecule has 0 radical (unpaired) electrons. The van der Waals surface area contributed by atoms with Crippen molar-refractivity contribution in [2.24, 2.45) is 5.92 Å². The van der Waals surface area contributed by atoms with Crippen molar-refractivity contribution in [1.82, 2.24) is 9.80 Å². The van der Waals surface area contributed by atoms with E-state index in [-0.39, 0.29) is 5.97 Å². The zero-order chi connectivity index (χ0) is 29.1. The number of nitrogens with zero attached hydrogens (tertiary/aromatic N) is 2. The number of ether oxygens (including phenoxy) is 1. The molecule has 6 heteroatoms. The van der Waals surface area contributed by atoms with Crippen LogP contribution < -0.4 is 0 Å². The molecule has 40 heavy (non-hydrogen) atoms. The Morgan fingerprint density at radius 3 is 1.57 bits per heavy atom. The summed E-state index contributed by atoms with van der Waals surface area (Å²) in [4.78, 5) is 26.7. The highest BCUT2D eigenvalue weighted by atomic mass is 16.5. The Morgan fingerprint density at radius 1 is 0.700 bits per heavy atom. The molecule has 6 nitrogen and oxygen atoms in total. The second kappa shape index (κ2) is 26.6. The molecule has 1 N–H and O–H groups in total. The number of carboxylic acid groups (broad SMARTS) is 1. The molecule has 236 valence electrons. The fourth-order valence-electron chi connectivity index (χ4n) is 6.06. The van der Waals surface area contributed by atoms with Crippen LogP contribution in [0.4, 0.5) is 4.79 Å². The molecule has 1 rings (SSSR count). The summed E-state index contributed by atoms with van der Waals surface area (Å²) < 4.78 is 4.70. The van der Waals surface area contributed by atoms with Gasteiger partial charge in [-0.1, -0.05) is 122 Å². The molecule has 0 bridgehead atoms. The number of amides is 1. The second-order valence-electron chi connectivity index (χ2n) is 12.4. The summed E-state index contributed by atoms with van der Waals surface area (Å²) in [5, 5.41) is 9.27. The van der Waals surface area contributed by atoms with Gasteiger partial charge in [-0.25, -0.2) is 4.79 Å². The lowest BCUT2D eigenvalue weighted by molar-refractivity contribution is -0.140. The van der Waals surface area contributed by atoms with Gasteiger partial charge in [0.2, 0.25) is 0 Å². The number of hydrogen-bond donors (Lipinski definition) is 1. The van der Waals surface area contributed by atoms with Crippen LogP contribution in [0.5, 0.6) is 0 Å². The molecular weight excluding hydrogens is 500 g/mol. The van der Waals surface area contributed by atoms with Crippen LogP contribution in [0.3, 0.4) is 0 Å². The minimum absolute atomic E-state index is 0.0849. The standard InChI is InChI=1S/C34H66N2O4/c1-3-4-5-6-7-8-9-10-13-16-19-22-27-35(29-25-32-26-30-36(31-32)34(38)39)28-23-20-17-14-11-12-15-18-21-24-33(37)40-2/h32H,3-31H2,1-2H3,(H,38,39). The van der Waals surface area contributed by atoms with E-state index in [1.165, 1.54) is 142 Å². The first-order valence-electron chi connectivity index (χ1n) is 17.3. The molecule has 1 atom stereocenters. The molecule has 0 aromatic rings. The minimum Gasteiger partial charge on any atom is -0.469 e. The number of carbonyl (C=O) groups is 2. The van der Waals surface area contributed by atoms with E-state index >= 15 is 0 Å². The third-order valence-corrected chi connectivity index (χ3v) is 8.82. The monoisotopic (exact) mass is 567 g/mol. The van der Waals surface area contributed by atoms with Gasteiger partial charge in [-0.2, -0.15) is 0 Å². The number of unbranched alkanes of at least 4 members (excludes halogenated alkanes) is 19. The summed E-state index contributed by atoms with van der Waals surface area (Å²) in [6.45, 7) is 7.25. The van der Waals surface area contributed by atoms with Gasteiger partial charge < -0.3 is 19.6 Å². The maximum Gasteiger partial charge on any atom is 0.407 e. The van der Waals surface area contributed by atoms with E-state index in [1.54, 1.807) is 4.90 Å². The lowest BCUT2D eigenvalue weighted by atomic mass is 10.0. The SMILES string of the molecule is CCCCCCCCCCCCCCN(CCCCCCCCCCCC(=O)OC)CCC1CCN(C(=O)O)C1. The quantitative estimate of drug-likeness (QED) is 0.0754. The minimum atomic E-state index is -0.753. The summed E-state index contributed by atoms with van der Waals surface area (Å²) in [5.74, 6) is 0.450. The molecule has 1 aliphatic heterocycles. The topological polar surface area (TPSA) is 70.1 Å². The predicted octanol–water partition coefficient (Wildman–Crippen LogP) is 9.45. The van der Waals surface area contributed by atoms with Crippen molar-refractivity contribution >= 4 is 12.1 Å². The summed E-state index contributed by atoms with van der Waals surface area (Å²) >= 11 is 0. The summed E-state index contributed by atoms with van der Waals surface area (Å²) in [6, 6.07) is 0. The Hall–Kier alpha value is -1.30. The van der Waals surface area contributed by atoms with Crippen LogP contribution in [0.2, 0.25) is 0 Å². The van der Waals surface area contributed by atoms with Crippen molar-refractivity contribution in [1.29, 1.82) is 0 Å². The fourth-order valence-corrected chi connectivity index (χ4v) is 6.06. The zero-order valence-electron chi connectivity index (χ0n) is 26.6. The summed E-state index contributed by atoms with van der Waals surface area (Å²) in [6.07, 6.45) is 29.8. The molecule has 0 aromatic heterocycles. The van der Waals surface area contributed by atoms with Gasteiger partial charge in [-0.3, -0.25) is 4.79 Å². The van der Waals surface area contributed by atoms with Gasteiger partial charge in [0.25, 0.3) is 0 Å². The van der Waals surface area contributed by atoms with Gasteiger partial charge in [0.05, 0.1) is 7.11 Å². The van der Waals surface area contributed by atoms with E-state index in [2.05, 4.69) is 11.8 Å². The molecule has 1 fully saturated rings.